The number of carbonyl (C=O) groups excluding carboxylic acids is 1. The number of nitrogens with zero attached hydrogens (tertiary/aromatic N) is 2. The first-order chi connectivity index (χ1) is 12.7. The summed E-state index contributed by atoms with van der Waals surface area (Å²) in [6.45, 7) is 3.33. The molecule has 0 saturated carbocycles. The molecule has 0 atom stereocenters. The average molecular weight is 358 g/mol. The van der Waals surface area contributed by atoms with Crippen molar-refractivity contribution in [2.45, 2.75) is 32.2 Å². The van der Waals surface area contributed by atoms with E-state index >= 15 is 0 Å². The maximum atomic E-state index is 12.7. The van der Waals surface area contributed by atoms with Crippen LogP contribution < -0.4 is 16.2 Å². The zero-order valence-corrected chi connectivity index (χ0v) is 15.2. The molecule has 140 valence electrons. The second-order valence-electron chi connectivity index (χ2n) is 6.53. The molecule has 1 aromatic carbocycles. The van der Waals surface area contributed by atoms with Gasteiger partial charge in [-0.1, -0.05) is 6.42 Å². The molecule has 26 heavy (non-hydrogen) atoms. The molecule has 1 aliphatic heterocycles. The predicted octanol–water partition coefficient (Wildman–Crippen LogP) is 1.09. The normalized spacial score (nSPS) is 14.0. The highest BCUT2D eigenvalue weighted by Crippen LogP contribution is 2.16. The number of amides is 1. The highest BCUT2D eigenvalue weighted by molar-refractivity contribution is 5.97. The Hall–Kier alpha value is -2.25. The number of rotatable bonds is 7. The van der Waals surface area contributed by atoms with E-state index in [9.17, 15) is 9.59 Å². The molecule has 2 aromatic rings. The minimum Gasteiger partial charge on any atom is -0.383 e. The van der Waals surface area contributed by atoms with Crippen molar-refractivity contribution in [2.24, 2.45) is 0 Å². The minimum absolute atomic E-state index is 0.00111. The fourth-order valence-corrected chi connectivity index (χ4v) is 3.23. The monoisotopic (exact) mass is 358 g/mol. The Kier molecular flexibility index (Phi) is 6.35. The number of ether oxygens (including phenoxy) is 1. The van der Waals surface area contributed by atoms with Crippen LogP contribution in [0.3, 0.4) is 0 Å². The molecule has 0 radical (unpaired) electrons. The third kappa shape index (κ3) is 4.28. The van der Waals surface area contributed by atoms with Gasteiger partial charge in [-0.3, -0.25) is 14.2 Å². The Bertz CT molecular complexity index is 831. The lowest BCUT2D eigenvalue weighted by Crippen LogP contribution is -2.33. The first-order valence-electron chi connectivity index (χ1n) is 9.22. The summed E-state index contributed by atoms with van der Waals surface area (Å²) in [5, 5.41) is 6.63. The third-order valence-corrected chi connectivity index (χ3v) is 4.65. The van der Waals surface area contributed by atoms with Crippen molar-refractivity contribution in [3.8, 4) is 0 Å². The number of methoxy groups -OCH3 is 1. The van der Waals surface area contributed by atoms with E-state index in [1.807, 2.05) is 0 Å². The summed E-state index contributed by atoms with van der Waals surface area (Å²) in [5.41, 5.74) is 1.13. The molecular weight excluding hydrogens is 332 g/mol. The molecule has 0 fully saturated rings. The fraction of sp³-hybridized carbons (Fsp3) is 0.526. The molecule has 2 N–H and O–H groups in total. The van der Waals surface area contributed by atoms with Gasteiger partial charge in [0, 0.05) is 45.3 Å². The summed E-state index contributed by atoms with van der Waals surface area (Å²) in [6, 6.07) is 5.13. The van der Waals surface area contributed by atoms with Gasteiger partial charge in [-0.15, -0.1) is 0 Å². The number of benzene rings is 1. The van der Waals surface area contributed by atoms with Crippen LogP contribution in [-0.4, -0.2) is 48.8 Å². The molecule has 0 aliphatic carbocycles. The lowest BCUT2D eigenvalue weighted by atomic mass is 10.1. The highest BCUT2D eigenvalue weighted by atomic mass is 16.5. The van der Waals surface area contributed by atoms with Crippen molar-refractivity contribution < 1.29 is 9.53 Å². The largest absolute Gasteiger partial charge is 0.383 e. The van der Waals surface area contributed by atoms with Gasteiger partial charge in [0.2, 0.25) is 0 Å². The summed E-state index contributed by atoms with van der Waals surface area (Å²) >= 11 is 0. The van der Waals surface area contributed by atoms with E-state index in [4.69, 9.17) is 4.74 Å². The fourth-order valence-electron chi connectivity index (χ4n) is 3.23. The molecule has 1 aromatic heterocycles. The van der Waals surface area contributed by atoms with Crippen molar-refractivity contribution in [2.75, 3.05) is 33.4 Å². The van der Waals surface area contributed by atoms with E-state index in [1.54, 1.807) is 29.9 Å². The minimum atomic E-state index is -0.155. The van der Waals surface area contributed by atoms with Gasteiger partial charge in [0.25, 0.3) is 11.5 Å². The van der Waals surface area contributed by atoms with Gasteiger partial charge in [-0.2, -0.15) is 0 Å². The molecular formula is C19H26N4O3. The van der Waals surface area contributed by atoms with Crippen LogP contribution in [0.1, 0.15) is 35.4 Å². The van der Waals surface area contributed by atoms with Gasteiger partial charge in [-0.05, 0) is 31.0 Å². The van der Waals surface area contributed by atoms with Crippen LogP contribution in [0.15, 0.2) is 23.0 Å². The Morgan fingerprint density at radius 2 is 2.12 bits per heavy atom. The number of fused-ring (bicyclic) bond motifs is 2. The second kappa shape index (κ2) is 8.91. The van der Waals surface area contributed by atoms with Crippen LogP contribution in [0.4, 0.5) is 0 Å². The summed E-state index contributed by atoms with van der Waals surface area (Å²) < 4.78 is 6.75. The maximum absolute atomic E-state index is 12.7. The topological polar surface area (TPSA) is 85.3 Å². The number of hydrogen-bond acceptors (Lipinski definition) is 5. The molecule has 3 rings (SSSR count). The van der Waals surface area contributed by atoms with Gasteiger partial charge in [0.05, 0.1) is 17.5 Å². The molecule has 1 aliphatic rings. The van der Waals surface area contributed by atoms with Crippen LogP contribution in [0.25, 0.3) is 10.9 Å². The molecule has 0 bridgehead atoms. The van der Waals surface area contributed by atoms with Crippen LogP contribution in [0, 0.1) is 0 Å². The number of aryl methyl sites for hydroxylation is 1. The first kappa shape index (κ1) is 18.5. The lowest BCUT2D eigenvalue weighted by Gasteiger charge is -2.11. The predicted molar refractivity (Wildman–Crippen MR) is 101 cm³/mol. The quantitative estimate of drug-likeness (QED) is 0.724. The Labute approximate surface area is 152 Å². The van der Waals surface area contributed by atoms with Crippen LogP contribution in [0.5, 0.6) is 0 Å². The number of nitrogens with one attached hydrogen (secondary N) is 2. The second-order valence-corrected chi connectivity index (χ2v) is 6.53. The smallest absolute Gasteiger partial charge is 0.261 e. The Morgan fingerprint density at radius 1 is 1.23 bits per heavy atom. The highest BCUT2D eigenvalue weighted by Gasteiger charge is 2.15. The van der Waals surface area contributed by atoms with Crippen molar-refractivity contribution in [1.29, 1.82) is 0 Å². The molecule has 2 heterocycles. The van der Waals surface area contributed by atoms with Crippen LogP contribution in [0.2, 0.25) is 0 Å². The lowest BCUT2D eigenvalue weighted by molar-refractivity contribution is 0.0954. The molecule has 7 heteroatoms. The van der Waals surface area contributed by atoms with Gasteiger partial charge < -0.3 is 15.4 Å². The molecule has 1 amide bonds. The van der Waals surface area contributed by atoms with Crippen molar-refractivity contribution >= 4 is 16.8 Å². The Morgan fingerprint density at radius 3 is 2.96 bits per heavy atom. The zero-order valence-electron chi connectivity index (χ0n) is 15.2. The van der Waals surface area contributed by atoms with Gasteiger partial charge in [0.1, 0.15) is 5.82 Å². The number of hydrogen-bond donors (Lipinski definition) is 2. The molecule has 0 spiro atoms. The van der Waals surface area contributed by atoms with Gasteiger partial charge in [-0.25, -0.2) is 4.98 Å². The Balaban J connectivity index is 1.72. The van der Waals surface area contributed by atoms with Crippen molar-refractivity contribution in [1.82, 2.24) is 20.2 Å². The van der Waals surface area contributed by atoms with E-state index in [0.717, 1.165) is 44.6 Å². The summed E-state index contributed by atoms with van der Waals surface area (Å²) in [6.07, 6.45) is 3.99. The first-order valence-corrected chi connectivity index (χ1v) is 9.22. The summed E-state index contributed by atoms with van der Waals surface area (Å²) in [4.78, 5) is 29.7. The van der Waals surface area contributed by atoms with Gasteiger partial charge >= 0.3 is 0 Å². The van der Waals surface area contributed by atoms with Crippen molar-refractivity contribution in [3.05, 3.63) is 39.9 Å². The van der Waals surface area contributed by atoms with E-state index in [2.05, 4.69) is 15.6 Å². The zero-order chi connectivity index (χ0) is 18.4. The number of aromatic nitrogens is 2. The number of carbonyl (C=O) groups is 1. The maximum Gasteiger partial charge on any atom is 0.261 e. The summed E-state index contributed by atoms with van der Waals surface area (Å²) in [7, 11) is 1.65. The summed E-state index contributed by atoms with van der Waals surface area (Å²) in [5.74, 6) is 0.678. The average Bonchev–Trinajstić information content (AvgIpc) is 2.90. The van der Waals surface area contributed by atoms with E-state index in [0.29, 0.717) is 36.2 Å². The third-order valence-electron chi connectivity index (χ3n) is 4.65. The van der Waals surface area contributed by atoms with Crippen LogP contribution >= 0.6 is 0 Å². The molecule has 7 nitrogen and oxygen atoms in total. The standard InChI is InChI=1S/C19H26N4O3/c1-26-12-10-20-8-9-21-18(24)14-6-7-15-16(13-14)22-17-5-3-2-4-11-23(17)19(15)25/h6-7,13,20H,2-5,8-12H2,1H3,(H,21,24). The molecule has 0 unspecified atom stereocenters. The van der Waals surface area contributed by atoms with E-state index in [-0.39, 0.29) is 11.5 Å². The molecule has 0 saturated heterocycles. The van der Waals surface area contributed by atoms with E-state index < -0.39 is 0 Å². The van der Waals surface area contributed by atoms with Gasteiger partial charge in [0.15, 0.2) is 0 Å². The van der Waals surface area contributed by atoms with E-state index in [1.165, 1.54) is 0 Å². The SMILES string of the molecule is COCCNCCNC(=O)c1ccc2c(=O)n3c(nc2c1)CCCCC3. The van der Waals surface area contributed by atoms with Crippen LogP contribution in [-0.2, 0) is 17.7 Å². The van der Waals surface area contributed by atoms with Crippen molar-refractivity contribution in [3.63, 3.8) is 0 Å².